The predicted molar refractivity (Wildman–Crippen MR) is 124 cm³/mol. The van der Waals surface area contributed by atoms with Crippen molar-refractivity contribution in [2.75, 3.05) is 49.8 Å². The predicted octanol–water partition coefficient (Wildman–Crippen LogP) is 3.63. The number of fused-ring (bicyclic) bond motifs is 1. The lowest BCUT2D eigenvalue weighted by atomic mass is 10.1. The van der Waals surface area contributed by atoms with Crippen molar-refractivity contribution < 1.29 is 19.0 Å². The van der Waals surface area contributed by atoms with Crippen molar-refractivity contribution in [2.45, 2.75) is 6.92 Å². The topological polar surface area (TPSA) is 89.1 Å². The molecule has 1 aromatic heterocycles. The second-order valence-electron chi connectivity index (χ2n) is 7.71. The number of carbonyl (C=O) groups is 1. The fraction of sp³-hybridized carbons (Fsp3) is 0.292. The average Bonchev–Trinajstić information content (AvgIpc) is 3.34. The third-order valence-electron chi connectivity index (χ3n) is 5.63. The van der Waals surface area contributed by atoms with Crippen molar-refractivity contribution in [3.05, 3.63) is 54.6 Å². The molecule has 3 heterocycles. The summed E-state index contributed by atoms with van der Waals surface area (Å²) in [4.78, 5) is 16.6. The first-order valence-corrected chi connectivity index (χ1v) is 11.0. The van der Waals surface area contributed by atoms with E-state index in [-0.39, 0.29) is 12.8 Å². The number of anilines is 2. The van der Waals surface area contributed by atoms with Crippen LogP contribution in [0, 0.1) is 0 Å². The highest BCUT2D eigenvalue weighted by atomic mass is 16.7. The Hall–Kier alpha value is -4.01. The molecule has 0 unspecified atom stereocenters. The van der Waals surface area contributed by atoms with Gasteiger partial charge in [0.05, 0.1) is 12.3 Å². The molecular weight excluding hydrogens is 422 g/mol. The zero-order chi connectivity index (χ0) is 22.6. The molecule has 2 aliphatic heterocycles. The molecule has 2 aromatic carbocycles. The van der Waals surface area contributed by atoms with Crippen molar-refractivity contribution in [1.82, 2.24) is 15.1 Å². The molecule has 0 aliphatic carbocycles. The van der Waals surface area contributed by atoms with E-state index in [0.717, 1.165) is 40.0 Å². The minimum Gasteiger partial charge on any atom is -0.494 e. The Balaban J connectivity index is 1.16. The summed E-state index contributed by atoms with van der Waals surface area (Å²) in [6, 6.07) is 16.9. The summed E-state index contributed by atoms with van der Waals surface area (Å²) in [7, 11) is 0. The van der Waals surface area contributed by atoms with Crippen molar-refractivity contribution in [3.63, 3.8) is 0 Å². The van der Waals surface area contributed by atoms with Gasteiger partial charge in [-0.3, -0.25) is 0 Å². The van der Waals surface area contributed by atoms with E-state index in [4.69, 9.17) is 14.2 Å². The van der Waals surface area contributed by atoms with Gasteiger partial charge in [-0.2, -0.15) is 0 Å². The van der Waals surface area contributed by atoms with E-state index in [9.17, 15) is 4.79 Å². The maximum absolute atomic E-state index is 12.6. The number of hydrogen-bond acceptors (Lipinski definition) is 7. The van der Waals surface area contributed by atoms with Gasteiger partial charge in [0.2, 0.25) is 6.79 Å². The van der Waals surface area contributed by atoms with Crippen LogP contribution in [0.15, 0.2) is 54.6 Å². The highest BCUT2D eigenvalue weighted by Gasteiger charge is 2.22. The lowest BCUT2D eigenvalue weighted by Gasteiger charge is -2.35. The van der Waals surface area contributed by atoms with Crippen LogP contribution in [0.5, 0.6) is 17.2 Å². The van der Waals surface area contributed by atoms with Crippen LogP contribution in [0.3, 0.4) is 0 Å². The van der Waals surface area contributed by atoms with Gasteiger partial charge in [-0.25, -0.2) is 4.79 Å². The number of aromatic nitrogens is 2. The van der Waals surface area contributed by atoms with Gasteiger partial charge in [0, 0.05) is 37.4 Å². The molecule has 3 aromatic rings. The molecule has 0 atom stereocenters. The first kappa shape index (κ1) is 20.9. The zero-order valence-corrected chi connectivity index (χ0v) is 18.4. The minimum atomic E-state index is -0.108. The van der Waals surface area contributed by atoms with E-state index in [2.05, 4.69) is 20.4 Å². The molecule has 0 spiro atoms. The summed E-state index contributed by atoms with van der Waals surface area (Å²) in [6.07, 6.45) is 0. The Bertz CT molecular complexity index is 1110. The van der Waals surface area contributed by atoms with Crippen LogP contribution in [0.2, 0.25) is 0 Å². The number of amides is 2. The van der Waals surface area contributed by atoms with E-state index < -0.39 is 0 Å². The number of carbonyl (C=O) groups excluding carboxylic acids is 1. The standard InChI is InChI=1S/C24H25N5O4/c1-2-31-19-6-4-18(5-7-19)25-24(30)29-13-11-28(12-14-29)23-10-8-20(26-27-23)17-3-9-21-22(15-17)33-16-32-21/h3-10,15H,2,11-14,16H2,1H3,(H,25,30). The van der Waals surface area contributed by atoms with Gasteiger partial charge in [-0.1, -0.05) is 0 Å². The largest absolute Gasteiger partial charge is 0.494 e. The molecule has 0 saturated carbocycles. The molecule has 0 bridgehead atoms. The van der Waals surface area contributed by atoms with Crippen molar-refractivity contribution >= 4 is 17.5 Å². The van der Waals surface area contributed by atoms with E-state index in [0.29, 0.717) is 32.8 Å². The fourth-order valence-corrected chi connectivity index (χ4v) is 3.85. The van der Waals surface area contributed by atoms with Crippen LogP contribution in [0.25, 0.3) is 11.3 Å². The Morgan fingerprint density at radius 1 is 0.970 bits per heavy atom. The number of rotatable bonds is 5. The number of piperazine rings is 1. The number of nitrogens with one attached hydrogen (secondary N) is 1. The second-order valence-corrected chi connectivity index (χ2v) is 7.71. The van der Waals surface area contributed by atoms with Gasteiger partial charge in [0.25, 0.3) is 0 Å². The number of nitrogens with zero attached hydrogens (tertiary/aromatic N) is 4. The molecular formula is C24H25N5O4. The van der Waals surface area contributed by atoms with Crippen molar-refractivity contribution in [3.8, 4) is 28.5 Å². The quantitative estimate of drug-likeness (QED) is 0.639. The van der Waals surface area contributed by atoms with Gasteiger partial charge in [-0.15, -0.1) is 10.2 Å². The molecule has 1 saturated heterocycles. The Kier molecular flexibility index (Phi) is 5.84. The molecule has 1 N–H and O–H groups in total. The van der Waals surface area contributed by atoms with Crippen molar-refractivity contribution in [1.29, 1.82) is 0 Å². The van der Waals surface area contributed by atoms with E-state index in [1.807, 2.05) is 61.5 Å². The number of benzene rings is 2. The summed E-state index contributed by atoms with van der Waals surface area (Å²) in [6.45, 7) is 5.39. The number of hydrogen-bond donors (Lipinski definition) is 1. The zero-order valence-electron chi connectivity index (χ0n) is 18.4. The number of urea groups is 1. The lowest BCUT2D eigenvalue weighted by molar-refractivity contribution is 0.174. The first-order chi connectivity index (χ1) is 16.2. The fourth-order valence-electron chi connectivity index (χ4n) is 3.85. The second kappa shape index (κ2) is 9.23. The van der Waals surface area contributed by atoms with E-state index in [1.165, 1.54) is 0 Å². The molecule has 9 heteroatoms. The van der Waals surface area contributed by atoms with Crippen LogP contribution in [0.1, 0.15) is 6.92 Å². The highest BCUT2D eigenvalue weighted by molar-refractivity contribution is 5.89. The summed E-state index contributed by atoms with van der Waals surface area (Å²) >= 11 is 0. The Morgan fingerprint density at radius 3 is 2.48 bits per heavy atom. The van der Waals surface area contributed by atoms with E-state index >= 15 is 0 Å². The maximum Gasteiger partial charge on any atom is 0.321 e. The Morgan fingerprint density at radius 2 is 1.76 bits per heavy atom. The SMILES string of the molecule is CCOc1ccc(NC(=O)N2CCN(c3ccc(-c4ccc5c(c4)OCO5)nn3)CC2)cc1. The minimum absolute atomic E-state index is 0.108. The first-order valence-electron chi connectivity index (χ1n) is 11.0. The van der Waals surface area contributed by atoms with Crippen molar-refractivity contribution in [2.24, 2.45) is 0 Å². The van der Waals surface area contributed by atoms with Crippen LogP contribution >= 0.6 is 0 Å². The molecule has 170 valence electrons. The summed E-state index contributed by atoms with van der Waals surface area (Å²) in [5.41, 5.74) is 2.44. The molecule has 5 rings (SSSR count). The monoisotopic (exact) mass is 447 g/mol. The summed E-state index contributed by atoms with van der Waals surface area (Å²) in [5.74, 6) is 3.05. The molecule has 2 aliphatic rings. The molecule has 0 radical (unpaired) electrons. The van der Waals surface area contributed by atoms with Gasteiger partial charge < -0.3 is 29.3 Å². The van der Waals surface area contributed by atoms with Crippen LogP contribution in [0.4, 0.5) is 16.3 Å². The normalized spacial score (nSPS) is 14.8. The summed E-state index contributed by atoms with van der Waals surface area (Å²) < 4.78 is 16.2. The molecule has 9 nitrogen and oxygen atoms in total. The van der Waals surface area contributed by atoms with Crippen LogP contribution in [-0.2, 0) is 0 Å². The average molecular weight is 447 g/mol. The van der Waals surface area contributed by atoms with Crippen LogP contribution < -0.4 is 24.4 Å². The third-order valence-corrected chi connectivity index (χ3v) is 5.63. The van der Waals surface area contributed by atoms with Gasteiger partial charge in [0.15, 0.2) is 17.3 Å². The Labute approximate surface area is 191 Å². The highest BCUT2D eigenvalue weighted by Crippen LogP contribution is 2.35. The van der Waals surface area contributed by atoms with E-state index in [1.54, 1.807) is 4.90 Å². The number of ether oxygens (including phenoxy) is 3. The van der Waals surface area contributed by atoms with Gasteiger partial charge in [-0.05, 0) is 61.5 Å². The molecule has 33 heavy (non-hydrogen) atoms. The van der Waals surface area contributed by atoms with Gasteiger partial charge >= 0.3 is 6.03 Å². The molecule has 2 amide bonds. The summed E-state index contributed by atoms with van der Waals surface area (Å²) in [5, 5.41) is 11.7. The smallest absolute Gasteiger partial charge is 0.321 e. The third kappa shape index (κ3) is 4.62. The maximum atomic E-state index is 12.6. The molecule has 1 fully saturated rings. The van der Waals surface area contributed by atoms with Crippen LogP contribution in [-0.4, -0.2) is 60.7 Å². The lowest BCUT2D eigenvalue weighted by Crippen LogP contribution is -2.50. The van der Waals surface area contributed by atoms with Gasteiger partial charge in [0.1, 0.15) is 5.75 Å².